The number of benzene rings is 1. The molecule has 7 heteroatoms. The van der Waals surface area contributed by atoms with Crippen molar-refractivity contribution in [3.63, 3.8) is 0 Å². The van der Waals surface area contributed by atoms with Crippen LogP contribution in [0, 0.1) is 0 Å². The van der Waals surface area contributed by atoms with Crippen molar-refractivity contribution in [3.05, 3.63) is 29.8 Å². The highest BCUT2D eigenvalue weighted by Crippen LogP contribution is 2.14. The van der Waals surface area contributed by atoms with Crippen molar-refractivity contribution in [1.29, 1.82) is 0 Å². The first-order chi connectivity index (χ1) is 10.7. The molecule has 6 nitrogen and oxygen atoms in total. The summed E-state index contributed by atoms with van der Waals surface area (Å²) in [6, 6.07) is 6.32. The van der Waals surface area contributed by atoms with Crippen LogP contribution in [0.1, 0.15) is 31.1 Å². The van der Waals surface area contributed by atoms with E-state index in [1.54, 1.807) is 12.1 Å². The van der Waals surface area contributed by atoms with E-state index in [-0.39, 0.29) is 16.8 Å². The molecule has 23 heavy (non-hydrogen) atoms. The van der Waals surface area contributed by atoms with Crippen molar-refractivity contribution in [2.75, 3.05) is 33.7 Å². The molecular weight excluding hydrogens is 314 g/mol. The van der Waals surface area contributed by atoms with Crippen LogP contribution in [-0.4, -0.2) is 63.3 Å². The minimum atomic E-state index is -3.54. The largest absolute Gasteiger partial charge is 0.350 e. The number of nitrogens with zero attached hydrogens (tertiary/aromatic N) is 2. The van der Waals surface area contributed by atoms with Gasteiger partial charge >= 0.3 is 0 Å². The van der Waals surface area contributed by atoms with Gasteiger partial charge in [-0.05, 0) is 38.2 Å². The summed E-state index contributed by atoms with van der Waals surface area (Å²) in [5.41, 5.74) is 0.347. The average molecular weight is 341 g/mol. The molecule has 0 aliphatic rings. The number of nitrogens with one attached hydrogen (secondary N) is 1. The fourth-order valence-electron chi connectivity index (χ4n) is 2.33. The van der Waals surface area contributed by atoms with E-state index in [0.29, 0.717) is 12.1 Å². The fourth-order valence-corrected chi connectivity index (χ4v) is 3.28. The van der Waals surface area contributed by atoms with Crippen LogP contribution in [0.3, 0.4) is 0 Å². The number of hydrogen-bond donors (Lipinski definition) is 1. The number of amides is 1. The first-order valence-electron chi connectivity index (χ1n) is 7.78. The van der Waals surface area contributed by atoms with Crippen molar-refractivity contribution in [2.45, 2.75) is 31.7 Å². The van der Waals surface area contributed by atoms with E-state index in [1.165, 1.54) is 26.2 Å². The van der Waals surface area contributed by atoms with Crippen LogP contribution in [-0.2, 0) is 10.0 Å². The van der Waals surface area contributed by atoms with Gasteiger partial charge < -0.3 is 5.32 Å². The Kier molecular flexibility index (Phi) is 7.18. The van der Waals surface area contributed by atoms with Gasteiger partial charge in [0.1, 0.15) is 0 Å². The van der Waals surface area contributed by atoms with E-state index in [1.807, 2.05) is 0 Å². The predicted molar refractivity (Wildman–Crippen MR) is 92.0 cm³/mol. The molecule has 0 saturated heterocycles. The predicted octanol–water partition coefficient (Wildman–Crippen LogP) is 1.40. The van der Waals surface area contributed by atoms with Crippen LogP contribution in [0.2, 0.25) is 0 Å². The van der Waals surface area contributed by atoms with E-state index < -0.39 is 10.0 Å². The zero-order chi connectivity index (χ0) is 17.6. The van der Waals surface area contributed by atoms with Crippen molar-refractivity contribution in [3.8, 4) is 0 Å². The van der Waals surface area contributed by atoms with Gasteiger partial charge in [-0.1, -0.05) is 19.9 Å². The molecule has 0 spiro atoms. The second-order valence-corrected chi connectivity index (χ2v) is 7.75. The van der Waals surface area contributed by atoms with Gasteiger partial charge in [0.25, 0.3) is 5.91 Å². The molecule has 0 fully saturated rings. The van der Waals surface area contributed by atoms with Gasteiger partial charge in [-0.2, -0.15) is 0 Å². The van der Waals surface area contributed by atoms with Crippen LogP contribution in [0.4, 0.5) is 0 Å². The van der Waals surface area contributed by atoms with Crippen molar-refractivity contribution >= 4 is 15.9 Å². The quantitative estimate of drug-likeness (QED) is 0.776. The number of carbonyl (C=O) groups is 1. The van der Waals surface area contributed by atoms with Gasteiger partial charge in [0.05, 0.1) is 4.90 Å². The van der Waals surface area contributed by atoms with Crippen LogP contribution >= 0.6 is 0 Å². The lowest BCUT2D eigenvalue weighted by molar-refractivity contribution is 0.0937. The third kappa shape index (κ3) is 5.02. The van der Waals surface area contributed by atoms with E-state index in [2.05, 4.69) is 31.0 Å². The van der Waals surface area contributed by atoms with E-state index in [0.717, 1.165) is 17.4 Å². The Morgan fingerprint density at radius 2 is 1.83 bits per heavy atom. The maximum atomic E-state index is 12.3. The minimum Gasteiger partial charge on any atom is -0.350 e. The Hall–Kier alpha value is -1.44. The van der Waals surface area contributed by atoms with Crippen LogP contribution in [0.5, 0.6) is 0 Å². The summed E-state index contributed by atoms with van der Waals surface area (Å²) >= 11 is 0. The van der Waals surface area contributed by atoms with Gasteiger partial charge in [-0.25, -0.2) is 12.7 Å². The van der Waals surface area contributed by atoms with Crippen LogP contribution in [0.15, 0.2) is 29.2 Å². The summed E-state index contributed by atoms with van der Waals surface area (Å²) in [4.78, 5) is 14.6. The van der Waals surface area contributed by atoms with Gasteiger partial charge in [-0.3, -0.25) is 9.69 Å². The molecule has 1 amide bonds. The van der Waals surface area contributed by atoms with Gasteiger partial charge in [0.2, 0.25) is 10.0 Å². The summed E-state index contributed by atoms with van der Waals surface area (Å²) < 4.78 is 25.4. The second-order valence-electron chi connectivity index (χ2n) is 5.60. The molecule has 1 aromatic rings. The molecule has 130 valence electrons. The Balaban J connectivity index is 2.82. The number of rotatable bonds is 8. The number of hydrogen-bond acceptors (Lipinski definition) is 4. The summed E-state index contributed by atoms with van der Waals surface area (Å²) in [5.74, 6) is -0.264. The molecule has 0 radical (unpaired) electrons. The third-order valence-corrected chi connectivity index (χ3v) is 5.68. The maximum Gasteiger partial charge on any atom is 0.251 e. The molecule has 1 rings (SSSR count). The topological polar surface area (TPSA) is 69.7 Å². The standard InChI is InChI=1S/C16H27N3O3S/c1-6-19(7-2)13(3)12-17-16(20)14-9-8-10-15(11-14)23(21,22)18(4)5/h8-11,13H,6-7,12H2,1-5H3,(H,17,20). The lowest BCUT2D eigenvalue weighted by Crippen LogP contribution is -2.42. The van der Waals surface area contributed by atoms with Crippen LogP contribution < -0.4 is 5.32 Å². The number of carbonyl (C=O) groups excluding carboxylic acids is 1. The van der Waals surface area contributed by atoms with E-state index in [4.69, 9.17) is 0 Å². The zero-order valence-electron chi connectivity index (χ0n) is 14.5. The minimum absolute atomic E-state index is 0.118. The average Bonchev–Trinajstić information content (AvgIpc) is 2.53. The summed E-state index contributed by atoms with van der Waals surface area (Å²) in [7, 11) is -0.608. The highest BCUT2D eigenvalue weighted by molar-refractivity contribution is 7.89. The first-order valence-corrected chi connectivity index (χ1v) is 9.22. The van der Waals surface area contributed by atoms with Crippen LogP contribution in [0.25, 0.3) is 0 Å². The molecule has 0 aliphatic carbocycles. The first kappa shape index (κ1) is 19.6. The lowest BCUT2D eigenvalue weighted by atomic mass is 10.2. The molecule has 0 aromatic heterocycles. The summed E-state index contributed by atoms with van der Waals surface area (Å²) in [5, 5.41) is 2.87. The van der Waals surface area contributed by atoms with Gasteiger partial charge in [-0.15, -0.1) is 0 Å². The SMILES string of the molecule is CCN(CC)C(C)CNC(=O)c1cccc(S(=O)(=O)N(C)C)c1. The highest BCUT2D eigenvalue weighted by Gasteiger charge is 2.19. The zero-order valence-corrected chi connectivity index (χ0v) is 15.4. The van der Waals surface area contributed by atoms with Gasteiger partial charge in [0, 0.05) is 32.2 Å². The summed E-state index contributed by atoms with van der Waals surface area (Å²) in [6.45, 7) is 8.58. The Morgan fingerprint density at radius 3 is 2.35 bits per heavy atom. The Morgan fingerprint density at radius 1 is 1.22 bits per heavy atom. The lowest BCUT2D eigenvalue weighted by Gasteiger charge is -2.26. The molecule has 0 bridgehead atoms. The molecule has 0 aliphatic heterocycles. The monoisotopic (exact) mass is 341 g/mol. The molecule has 0 saturated carbocycles. The second kappa shape index (κ2) is 8.42. The Bertz CT molecular complexity index is 625. The molecule has 1 atom stereocenters. The molecule has 1 N–H and O–H groups in total. The fraction of sp³-hybridized carbons (Fsp3) is 0.562. The van der Waals surface area contributed by atoms with E-state index >= 15 is 0 Å². The molecule has 1 unspecified atom stereocenters. The Labute approximate surface area is 139 Å². The smallest absolute Gasteiger partial charge is 0.251 e. The van der Waals surface area contributed by atoms with Gasteiger partial charge in [0.15, 0.2) is 0 Å². The molecule has 0 heterocycles. The normalized spacial score (nSPS) is 13.3. The molecule has 1 aromatic carbocycles. The molecular formula is C16H27N3O3S. The van der Waals surface area contributed by atoms with Crippen molar-refractivity contribution in [1.82, 2.24) is 14.5 Å². The summed E-state index contributed by atoms with van der Waals surface area (Å²) in [6.07, 6.45) is 0. The number of likely N-dealkylation sites (N-methyl/N-ethyl adjacent to an activating group) is 1. The third-order valence-electron chi connectivity index (χ3n) is 3.87. The maximum absolute atomic E-state index is 12.3. The highest BCUT2D eigenvalue weighted by atomic mass is 32.2. The van der Waals surface area contributed by atoms with E-state index in [9.17, 15) is 13.2 Å². The number of sulfonamides is 1. The van der Waals surface area contributed by atoms with Crippen molar-refractivity contribution < 1.29 is 13.2 Å². The van der Waals surface area contributed by atoms with Crippen molar-refractivity contribution in [2.24, 2.45) is 0 Å².